The average molecular weight is 622 g/mol. The summed E-state index contributed by atoms with van der Waals surface area (Å²) >= 11 is 0. The molecular weight excluding hydrogens is 582 g/mol. The molecule has 6 N–H and O–H groups in total. The maximum absolute atomic E-state index is 13.4. The van der Waals surface area contributed by atoms with Crippen LogP contribution in [0.25, 0.3) is 10.8 Å². The first-order valence-electron chi connectivity index (χ1n) is 15.5. The molecule has 4 amide bonds. The monoisotopic (exact) mass is 621 g/mol. The van der Waals surface area contributed by atoms with Crippen molar-refractivity contribution in [3.63, 3.8) is 0 Å². The van der Waals surface area contributed by atoms with E-state index in [4.69, 9.17) is 10.5 Å². The number of nitrogens with two attached hydrogens (primary N) is 1. The van der Waals surface area contributed by atoms with Gasteiger partial charge >= 0.3 is 0 Å². The van der Waals surface area contributed by atoms with Crippen molar-refractivity contribution in [2.45, 2.75) is 56.5 Å². The van der Waals surface area contributed by atoms with E-state index in [1.54, 1.807) is 0 Å². The van der Waals surface area contributed by atoms with E-state index >= 15 is 0 Å². The number of ether oxygens (including phenoxy) is 1. The van der Waals surface area contributed by atoms with Crippen LogP contribution in [0.1, 0.15) is 30.4 Å². The normalized spacial score (nSPS) is 16.5. The van der Waals surface area contributed by atoms with Gasteiger partial charge in [0.05, 0.1) is 0 Å². The number of nitrogens with one attached hydrogen (secondary N) is 4. The number of carbonyl (C=O) groups is 4. The minimum absolute atomic E-state index is 0.258. The molecule has 0 bridgehead atoms. The van der Waals surface area contributed by atoms with Gasteiger partial charge in [0.1, 0.15) is 12.1 Å². The Morgan fingerprint density at radius 3 is 1.98 bits per heavy atom. The van der Waals surface area contributed by atoms with Crippen molar-refractivity contribution >= 4 is 40.1 Å². The number of epoxide rings is 1. The number of carbonyl (C=O) groups excluding carboxylic acids is 4. The third-order valence-electron chi connectivity index (χ3n) is 7.86. The van der Waals surface area contributed by atoms with Gasteiger partial charge in [-0.2, -0.15) is 0 Å². The molecule has 2 unspecified atom stereocenters. The molecule has 238 valence electrons. The summed E-state index contributed by atoms with van der Waals surface area (Å²) in [7, 11) is 0. The molecule has 5 rings (SSSR count). The van der Waals surface area contributed by atoms with E-state index in [9.17, 15) is 19.2 Å². The Balaban J connectivity index is 1.21. The molecule has 46 heavy (non-hydrogen) atoms. The Bertz CT molecular complexity index is 1640. The molecule has 4 aromatic carbocycles. The summed E-state index contributed by atoms with van der Waals surface area (Å²) in [5.74, 6) is -1.87. The van der Waals surface area contributed by atoms with Gasteiger partial charge in [0, 0.05) is 24.0 Å². The van der Waals surface area contributed by atoms with Crippen molar-refractivity contribution in [2.24, 2.45) is 5.73 Å². The molecule has 0 aliphatic carbocycles. The molecule has 10 heteroatoms. The number of rotatable bonds is 15. The molecule has 0 aromatic heterocycles. The summed E-state index contributed by atoms with van der Waals surface area (Å²) in [4.78, 5) is 53.0. The Hall–Kier alpha value is -5.06. The fourth-order valence-electron chi connectivity index (χ4n) is 5.30. The first kappa shape index (κ1) is 32.3. The third kappa shape index (κ3) is 8.77. The van der Waals surface area contributed by atoms with E-state index in [0.717, 1.165) is 21.9 Å². The summed E-state index contributed by atoms with van der Waals surface area (Å²) in [6.45, 7) is 0.765. The van der Waals surface area contributed by atoms with E-state index in [1.807, 2.05) is 103 Å². The summed E-state index contributed by atoms with van der Waals surface area (Å²) in [5.41, 5.74) is 8.09. The number of anilines is 1. The van der Waals surface area contributed by atoms with Gasteiger partial charge in [-0.05, 0) is 48.4 Å². The van der Waals surface area contributed by atoms with E-state index in [0.29, 0.717) is 38.0 Å². The van der Waals surface area contributed by atoms with Gasteiger partial charge in [-0.25, -0.2) is 0 Å². The summed E-state index contributed by atoms with van der Waals surface area (Å²) in [6.07, 6.45) is -0.219. The summed E-state index contributed by atoms with van der Waals surface area (Å²) in [5, 5.41) is 13.2. The van der Waals surface area contributed by atoms with Gasteiger partial charge in [-0.1, -0.05) is 97.1 Å². The fraction of sp³-hybridized carbons (Fsp3) is 0.278. The zero-order valence-corrected chi connectivity index (χ0v) is 25.5. The Morgan fingerprint density at radius 2 is 1.28 bits per heavy atom. The highest BCUT2D eigenvalue weighted by Gasteiger charge is 2.51. The number of fused-ring (bicyclic) bond motifs is 1. The van der Waals surface area contributed by atoms with Crippen molar-refractivity contribution in [2.75, 3.05) is 11.9 Å². The van der Waals surface area contributed by atoms with Crippen LogP contribution >= 0.6 is 0 Å². The van der Waals surface area contributed by atoms with Gasteiger partial charge in [0.2, 0.25) is 11.8 Å². The van der Waals surface area contributed by atoms with Crippen LogP contribution in [-0.2, 0) is 36.9 Å². The van der Waals surface area contributed by atoms with Crippen LogP contribution in [-0.4, -0.2) is 54.5 Å². The Kier molecular flexibility index (Phi) is 11.1. The van der Waals surface area contributed by atoms with Gasteiger partial charge in [-0.15, -0.1) is 0 Å². The van der Waals surface area contributed by atoms with Gasteiger partial charge in [0.25, 0.3) is 11.8 Å². The predicted octanol–water partition coefficient (Wildman–Crippen LogP) is 3.20. The second kappa shape index (κ2) is 15.8. The van der Waals surface area contributed by atoms with Crippen LogP contribution in [0.4, 0.5) is 5.69 Å². The number of hydrogen-bond acceptors (Lipinski definition) is 6. The Morgan fingerprint density at radius 1 is 0.674 bits per heavy atom. The van der Waals surface area contributed by atoms with Crippen molar-refractivity contribution < 1.29 is 23.9 Å². The molecule has 1 aliphatic heterocycles. The van der Waals surface area contributed by atoms with E-state index in [-0.39, 0.29) is 18.2 Å². The molecule has 10 nitrogen and oxygen atoms in total. The quantitative estimate of drug-likeness (QED) is 0.101. The van der Waals surface area contributed by atoms with Crippen LogP contribution in [0.3, 0.4) is 0 Å². The molecule has 0 spiro atoms. The lowest BCUT2D eigenvalue weighted by Crippen LogP contribution is -2.50. The van der Waals surface area contributed by atoms with Crippen LogP contribution in [0, 0.1) is 0 Å². The zero-order valence-electron chi connectivity index (χ0n) is 25.5. The highest BCUT2D eigenvalue weighted by atomic mass is 16.6. The molecule has 1 fully saturated rings. The molecule has 1 aliphatic rings. The van der Waals surface area contributed by atoms with Crippen LogP contribution in [0.5, 0.6) is 0 Å². The lowest BCUT2D eigenvalue weighted by Gasteiger charge is -2.19. The molecule has 1 heterocycles. The molecule has 0 radical (unpaired) electrons. The summed E-state index contributed by atoms with van der Waals surface area (Å²) < 4.78 is 5.48. The van der Waals surface area contributed by atoms with E-state index in [2.05, 4.69) is 21.3 Å². The fourth-order valence-corrected chi connectivity index (χ4v) is 5.30. The average Bonchev–Trinajstić information content (AvgIpc) is 3.89. The largest absolute Gasteiger partial charge is 0.350 e. The van der Waals surface area contributed by atoms with Crippen LogP contribution in [0.2, 0.25) is 0 Å². The van der Waals surface area contributed by atoms with Gasteiger partial charge < -0.3 is 31.7 Å². The number of hydrogen-bond donors (Lipinski definition) is 5. The number of amides is 4. The first-order valence-corrected chi connectivity index (χ1v) is 15.5. The van der Waals surface area contributed by atoms with Crippen molar-refractivity contribution in [1.82, 2.24) is 16.0 Å². The second-order valence-corrected chi connectivity index (χ2v) is 11.3. The molecular formula is C36H39N5O5. The van der Waals surface area contributed by atoms with E-state index in [1.165, 1.54) is 0 Å². The molecule has 1 saturated heterocycles. The molecule has 4 aromatic rings. The minimum Gasteiger partial charge on any atom is -0.350 e. The topological polar surface area (TPSA) is 155 Å². The van der Waals surface area contributed by atoms with Crippen LogP contribution in [0.15, 0.2) is 103 Å². The standard InChI is InChI=1S/C36H39N5O5/c37-21-10-9-19-29(34(43)39-28-20-11-17-26-16-7-8-18-27(26)28)40-35(44)31-32(46-31)36(45)41-30(22-24-12-3-1-4-13-24)33(42)38-23-25-14-5-2-6-15-25/h1-8,11-18,20,29-32H,9-10,19,21-23,37H2,(H,38,42)(H,39,43)(H,40,44)(H,41,45)/t29-,30-,31?,32?/m0/s1. The van der Waals surface area contributed by atoms with Crippen molar-refractivity contribution in [3.05, 3.63) is 114 Å². The SMILES string of the molecule is NCCCC[C@H](NC(=O)C1OC1C(=O)N[C@@H](Cc1ccccc1)C(=O)NCc1ccccc1)C(=O)Nc1cccc2ccccc12. The van der Waals surface area contributed by atoms with E-state index < -0.39 is 36.1 Å². The third-order valence-corrected chi connectivity index (χ3v) is 7.86. The van der Waals surface area contributed by atoms with Gasteiger partial charge in [0.15, 0.2) is 12.2 Å². The number of benzene rings is 4. The smallest absolute Gasteiger partial charge is 0.253 e. The molecule has 4 atom stereocenters. The predicted molar refractivity (Wildman–Crippen MR) is 176 cm³/mol. The zero-order chi connectivity index (χ0) is 32.3. The summed E-state index contributed by atoms with van der Waals surface area (Å²) in [6, 6.07) is 30.4. The lowest BCUT2D eigenvalue weighted by molar-refractivity contribution is -0.129. The molecule has 0 saturated carbocycles. The van der Waals surface area contributed by atoms with Gasteiger partial charge in [-0.3, -0.25) is 19.2 Å². The van der Waals surface area contributed by atoms with Crippen LogP contribution < -0.4 is 27.0 Å². The maximum Gasteiger partial charge on any atom is 0.253 e. The van der Waals surface area contributed by atoms with Crippen molar-refractivity contribution in [1.29, 1.82) is 0 Å². The highest BCUT2D eigenvalue weighted by molar-refractivity contribution is 6.05. The number of unbranched alkanes of at least 4 members (excludes halogenated alkanes) is 1. The first-order chi connectivity index (χ1) is 22.4. The lowest BCUT2D eigenvalue weighted by atomic mass is 10.0. The maximum atomic E-state index is 13.4. The Labute approximate surface area is 268 Å². The highest BCUT2D eigenvalue weighted by Crippen LogP contribution is 2.25. The second-order valence-electron chi connectivity index (χ2n) is 11.3. The minimum atomic E-state index is -1.08. The van der Waals surface area contributed by atoms with Crippen molar-refractivity contribution in [3.8, 4) is 0 Å².